The van der Waals surface area contributed by atoms with E-state index >= 15 is 0 Å². The van der Waals surface area contributed by atoms with Gasteiger partial charge in [0.15, 0.2) is 0 Å². The number of nitrogens with zero attached hydrogens (tertiary/aromatic N) is 2. The Kier molecular flexibility index (Phi) is 6.53. The summed E-state index contributed by atoms with van der Waals surface area (Å²) in [6.07, 6.45) is 4.68. The van der Waals surface area contributed by atoms with Crippen LogP contribution in [-0.2, 0) is 22.4 Å². The Morgan fingerprint density at radius 3 is 2.58 bits per heavy atom. The van der Waals surface area contributed by atoms with Gasteiger partial charge in [-0.1, -0.05) is 18.2 Å². The number of benzene rings is 1. The molecule has 8 heteroatoms. The summed E-state index contributed by atoms with van der Waals surface area (Å²) in [5.74, 6) is 0.499. The van der Waals surface area contributed by atoms with Gasteiger partial charge in [0.1, 0.15) is 5.75 Å². The second-order valence-electron chi connectivity index (χ2n) is 7.70. The van der Waals surface area contributed by atoms with E-state index in [0.29, 0.717) is 37.0 Å². The fraction of sp³-hybridized carbons (Fsp3) is 0.391. The maximum Gasteiger partial charge on any atom is 0.246 e. The van der Waals surface area contributed by atoms with E-state index in [1.54, 1.807) is 16.9 Å². The van der Waals surface area contributed by atoms with E-state index in [1.807, 2.05) is 23.5 Å². The number of hydrogen-bond donors (Lipinski definition) is 1. The zero-order valence-electron chi connectivity index (χ0n) is 17.6. The van der Waals surface area contributed by atoms with Crippen molar-refractivity contribution in [1.29, 1.82) is 0 Å². The molecule has 2 amide bonds. The summed E-state index contributed by atoms with van der Waals surface area (Å²) in [4.78, 5) is 30.7. The summed E-state index contributed by atoms with van der Waals surface area (Å²) in [5, 5.41) is 3.88. The normalized spacial score (nSPS) is 15.5. The molecule has 3 heterocycles. The van der Waals surface area contributed by atoms with E-state index in [0.717, 1.165) is 24.1 Å². The van der Waals surface area contributed by atoms with Crippen molar-refractivity contribution in [3.63, 3.8) is 0 Å². The quantitative estimate of drug-likeness (QED) is 0.667. The monoisotopic (exact) mass is 459 g/mol. The van der Waals surface area contributed by atoms with E-state index in [4.69, 9.17) is 16.3 Å². The Morgan fingerprint density at radius 1 is 1.16 bits per heavy atom. The molecule has 2 bridgehead atoms. The van der Waals surface area contributed by atoms with Crippen LogP contribution in [0.15, 0.2) is 30.9 Å². The highest BCUT2D eigenvalue weighted by Gasteiger charge is 2.23. The van der Waals surface area contributed by atoms with Crippen LogP contribution in [0, 0.1) is 0 Å². The second-order valence-corrected chi connectivity index (χ2v) is 9.33. The van der Waals surface area contributed by atoms with Crippen molar-refractivity contribution in [1.82, 2.24) is 9.80 Å². The molecular weight excluding hydrogens is 434 g/mol. The Morgan fingerprint density at radius 2 is 1.90 bits per heavy atom. The zero-order valence-corrected chi connectivity index (χ0v) is 19.2. The summed E-state index contributed by atoms with van der Waals surface area (Å²) in [5.41, 5.74) is 2.89. The van der Waals surface area contributed by atoms with Crippen molar-refractivity contribution in [2.24, 2.45) is 0 Å². The van der Waals surface area contributed by atoms with Crippen LogP contribution in [-0.4, -0.2) is 61.4 Å². The third kappa shape index (κ3) is 4.57. The number of ether oxygens (including phenoxy) is 1. The average Bonchev–Trinajstić information content (AvgIpc) is 3.09. The van der Waals surface area contributed by atoms with E-state index < -0.39 is 0 Å². The summed E-state index contributed by atoms with van der Waals surface area (Å²) in [7, 11) is 1.59. The van der Waals surface area contributed by atoms with Crippen LogP contribution in [0.25, 0.3) is 11.1 Å². The van der Waals surface area contributed by atoms with E-state index in [-0.39, 0.29) is 18.4 Å². The first kappa shape index (κ1) is 21.7. The lowest BCUT2D eigenvalue weighted by Crippen LogP contribution is -2.51. The Bertz CT molecular complexity index is 1010. The number of thiophene rings is 1. The first-order chi connectivity index (χ1) is 15.0. The van der Waals surface area contributed by atoms with Crippen LogP contribution in [0.3, 0.4) is 0 Å². The molecule has 1 saturated heterocycles. The summed E-state index contributed by atoms with van der Waals surface area (Å²) in [6.45, 7) is 5.75. The smallest absolute Gasteiger partial charge is 0.246 e. The van der Waals surface area contributed by atoms with Crippen LogP contribution >= 0.6 is 22.9 Å². The van der Waals surface area contributed by atoms with Crippen molar-refractivity contribution in [2.75, 3.05) is 45.2 Å². The van der Waals surface area contributed by atoms with Gasteiger partial charge < -0.3 is 19.9 Å². The van der Waals surface area contributed by atoms with Crippen LogP contribution in [0.2, 0.25) is 5.02 Å². The molecular formula is C23H26ClN3O3S. The number of anilines is 1. The molecule has 6 nitrogen and oxygen atoms in total. The highest BCUT2D eigenvalue weighted by atomic mass is 35.5. The zero-order chi connectivity index (χ0) is 22.0. The van der Waals surface area contributed by atoms with E-state index in [9.17, 15) is 9.59 Å². The lowest BCUT2D eigenvalue weighted by atomic mass is 10.0. The molecule has 2 aliphatic rings. The third-order valence-electron chi connectivity index (χ3n) is 5.82. The van der Waals surface area contributed by atoms with Gasteiger partial charge in [-0.2, -0.15) is 0 Å². The third-order valence-corrected chi connectivity index (χ3v) is 7.38. The Labute approximate surface area is 191 Å². The number of aryl methyl sites for hydroxylation is 2. The number of amides is 2. The predicted molar refractivity (Wildman–Crippen MR) is 125 cm³/mol. The fourth-order valence-corrected chi connectivity index (χ4v) is 5.62. The van der Waals surface area contributed by atoms with Crippen LogP contribution in [0.4, 0.5) is 5.69 Å². The minimum atomic E-state index is -0.0939. The molecule has 1 aromatic carbocycles. The van der Waals surface area contributed by atoms with E-state index in [2.05, 4.69) is 18.0 Å². The standard InChI is InChI=1S/C23H26ClN3O3S/c1-3-22(28)26-7-9-27(10-8-26)23(29)14-25-19-12-16(18(24)13-20(19)30-2)17-11-15-5-4-6-21(17)31-15/h3,11-13,25H,1,4-10,14H2,2H3. The molecule has 1 fully saturated rings. The van der Waals surface area contributed by atoms with Crippen LogP contribution < -0.4 is 10.1 Å². The number of rotatable bonds is 6. The highest BCUT2D eigenvalue weighted by molar-refractivity contribution is 7.12. The maximum atomic E-state index is 12.7. The molecule has 1 aromatic heterocycles. The van der Waals surface area contributed by atoms with Gasteiger partial charge in [-0.05, 0) is 43.0 Å². The number of fused-ring (bicyclic) bond motifs is 2. The first-order valence-electron chi connectivity index (χ1n) is 10.4. The predicted octanol–water partition coefficient (Wildman–Crippen LogP) is 3.83. The molecule has 31 heavy (non-hydrogen) atoms. The van der Waals surface area contributed by atoms with Crippen molar-refractivity contribution in [2.45, 2.75) is 19.3 Å². The number of carbonyl (C=O) groups excluding carboxylic acids is 2. The molecule has 0 spiro atoms. The summed E-state index contributed by atoms with van der Waals surface area (Å²) >= 11 is 8.45. The minimum absolute atomic E-state index is 0.0133. The van der Waals surface area contributed by atoms with Gasteiger partial charge in [0.05, 0.1) is 24.4 Å². The number of carbonyl (C=O) groups is 2. The topological polar surface area (TPSA) is 61.9 Å². The molecule has 2 aliphatic heterocycles. The minimum Gasteiger partial charge on any atom is -0.495 e. The average molecular weight is 460 g/mol. The van der Waals surface area contributed by atoms with Gasteiger partial charge in [0, 0.05) is 47.6 Å². The molecule has 1 N–H and O–H groups in total. The molecule has 4 rings (SSSR count). The lowest BCUT2D eigenvalue weighted by molar-refractivity contribution is -0.135. The number of nitrogens with one attached hydrogen (secondary N) is 1. The molecule has 0 atom stereocenters. The van der Waals surface area contributed by atoms with Gasteiger partial charge >= 0.3 is 0 Å². The first-order valence-corrected chi connectivity index (χ1v) is 11.6. The van der Waals surface area contributed by atoms with Gasteiger partial charge in [-0.3, -0.25) is 9.59 Å². The maximum absolute atomic E-state index is 12.7. The van der Waals surface area contributed by atoms with Gasteiger partial charge in [0.2, 0.25) is 11.8 Å². The molecule has 164 valence electrons. The number of piperazine rings is 1. The number of hydrogen-bond acceptors (Lipinski definition) is 5. The van der Waals surface area contributed by atoms with Crippen molar-refractivity contribution < 1.29 is 14.3 Å². The lowest BCUT2D eigenvalue weighted by Gasteiger charge is -2.34. The SMILES string of the molecule is C=CC(=O)N1CCN(C(=O)CNc2cc(-c3cc4sc3CCC4)c(Cl)cc2OC)CC1. The van der Waals surface area contributed by atoms with Gasteiger partial charge in [-0.25, -0.2) is 0 Å². The van der Waals surface area contributed by atoms with Gasteiger partial charge in [-0.15, -0.1) is 11.3 Å². The largest absolute Gasteiger partial charge is 0.495 e. The molecule has 0 aliphatic carbocycles. The number of methoxy groups -OCH3 is 1. The number of halogens is 1. The molecule has 0 radical (unpaired) electrons. The fourth-order valence-electron chi connectivity index (χ4n) is 4.10. The Balaban J connectivity index is 1.46. The molecule has 0 saturated carbocycles. The van der Waals surface area contributed by atoms with Crippen molar-refractivity contribution in [3.8, 4) is 16.9 Å². The van der Waals surface area contributed by atoms with Gasteiger partial charge in [0.25, 0.3) is 0 Å². The van der Waals surface area contributed by atoms with Crippen molar-refractivity contribution >= 4 is 40.4 Å². The van der Waals surface area contributed by atoms with Crippen LogP contribution in [0.1, 0.15) is 16.2 Å². The summed E-state index contributed by atoms with van der Waals surface area (Å²) in [6, 6.07) is 6.03. The highest BCUT2D eigenvalue weighted by Crippen LogP contribution is 2.43. The Hall–Kier alpha value is -2.51. The van der Waals surface area contributed by atoms with E-state index in [1.165, 1.54) is 27.8 Å². The van der Waals surface area contributed by atoms with Crippen LogP contribution in [0.5, 0.6) is 5.75 Å². The second kappa shape index (κ2) is 9.32. The molecule has 2 aromatic rings. The molecule has 0 unspecified atom stereocenters. The van der Waals surface area contributed by atoms with Crippen molar-refractivity contribution in [3.05, 3.63) is 45.6 Å². The summed E-state index contributed by atoms with van der Waals surface area (Å²) < 4.78 is 5.50.